The van der Waals surface area contributed by atoms with E-state index in [2.05, 4.69) is 25.2 Å². The average molecular weight is 575 g/mol. The highest BCUT2D eigenvalue weighted by molar-refractivity contribution is 5.94. The summed E-state index contributed by atoms with van der Waals surface area (Å²) in [6.45, 7) is 13.8. The molecule has 0 aliphatic carbocycles. The van der Waals surface area contributed by atoms with Gasteiger partial charge in [0.1, 0.15) is 5.60 Å². The molecule has 1 aliphatic rings. The summed E-state index contributed by atoms with van der Waals surface area (Å²) in [6.07, 6.45) is 13.3. The SMILES string of the molecule is CCCCCCCOCC(CNC(=O)c1cccc(C2CCN(C(=O)OC(C)(C)C)CC2)c1)OCCCCCCC. The number of carbonyl (C=O) groups excluding carboxylic acids is 2. The number of amides is 2. The highest BCUT2D eigenvalue weighted by Gasteiger charge is 2.27. The first-order chi connectivity index (χ1) is 19.7. The maximum atomic E-state index is 13.1. The fraction of sp³-hybridized carbons (Fsp3) is 0.765. The number of hydrogen-bond acceptors (Lipinski definition) is 5. The molecule has 7 nitrogen and oxygen atoms in total. The van der Waals surface area contributed by atoms with Crippen molar-refractivity contribution in [1.82, 2.24) is 10.2 Å². The zero-order valence-electron chi connectivity index (χ0n) is 26.7. The van der Waals surface area contributed by atoms with Crippen LogP contribution in [0.4, 0.5) is 4.79 Å². The molecular formula is C34H58N2O5. The van der Waals surface area contributed by atoms with Crippen LogP contribution < -0.4 is 5.32 Å². The molecule has 1 heterocycles. The monoisotopic (exact) mass is 574 g/mol. The van der Waals surface area contributed by atoms with E-state index in [1.165, 1.54) is 51.4 Å². The summed E-state index contributed by atoms with van der Waals surface area (Å²) >= 11 is 0. The molecule has 1 N–H and O–H groups in total. The average Bonchev–Trinajstić information content (AvgIpc) is 2.95. The topological polar surface area (TPSA) is 77.1 Å². The van der Waals surface area contributed by atoms with Gasteiger partial charge in [0.25, 0.3) is 5.91 Å². The summed E-state index contributed by atoms with van der Waals surface area (Å²) in [5, 5.41) is 3.09. The largest absolute Gasteiger partial charge is 0.444 e. The molecule has 1 aromatic carbocycles. The summed E-state index contributed by atoms with van der Waals surface area (Å²) in [7, 11) is 0. The Morgan fingerprint density at radius 2 is 1.56 bits per heavy atom. The Hall–Kier alpha value is -2.12. The Bertz CT molecular complexity index is 861. The van der Waals surface area contributed by atoms with E-state index in [1.807, 2.05) is 39.0 Å². The number of nitrogens with one attached hydrogen (secondary N) is 1. The number of likely N-dealkylation sites (tertiary alicyclic amines) is 1. The van der Waals surface area contributed by atoms with E-state index in [1.54, 1.807) is 4.90 Å². The Morgan fingerprint density at radius 1 is 0.927 bits per heavy atom. The minimum atomic E-state index is -0.491. The minimum absolute atomic E-state index is 0.0887. The van der Waals surface area contributed by atoms with Crippen LogP contribution in [0.2, 0.25) is 0 Å². The van der Waals surface area contributed by atoms with E-state index in [0.717, 1.165) is 37.9 Å². The molecule has 0 bridgehead atoms. The van der Waals surface area contributed by atoms with E-state index in [0.29, 0.717) is 44.3 Å². The van der Waals surface area contributed by atoms with Crippen LogP contribution in [0, 0.1) is 0 Å². The van der Waals surface area contributed by atoms with Crippen molar-refractivity contribution in [2.45, 2.75) is 129 Å². The lowest BCUT2D eigenvalue weighted by molar-refractivity contribution is -0.0170. The normalized spacial score (nSPS) is 15.1. The van der Waals surface area contributed by atoms with Gasteiger partial charge in [-0.2, -0.15) is 0 Å². The van der Waals surface area contributed by atoms with E-state index in [-0.39, 0.29) is 18.1 Å². The summed E-state index contributed by atoms with van der Waals surface area (Å²) in [5.41, 5.74) is 1.31. The third kappa shape index (κ3) is 15.1. The Morgan fingerprint density at radius 3 is 2.20 bits per heavy atom. The van der Waals surface area contributed by atoms with Gasteiger partial charge in [0.05, 0.1) is 12.7 Å². The Labute approximate surface area is 250 Å². The first kappa shape index (κ1) is 35.1. The number of benzene rings is 1. The summed E-state index contributed by atoms with van der Waals surface area (Å²) < 4.78 is 17.6. The van der Waals surface area contributed by atoms with Crippen molar-refractivity contribution in [2.24, 2.45) is 0 Å². The zero-order valence-corrected chi connectivity index (χ0v) is 26.7. The molecule has 1 unspecified atom stereocenters. The lowest BCUT2D eigenvalue weighted by Crippen LogP contribution is -2.41. The van der Waals surface area contributed by atoms with Crippen LogP contribution in [0.25, 0.3) is 0 Å². The molecule has 0 spiro atoms. The fourth-order valence-electron chi connectivity index (χ4n) is 5.11. The summed E-state index contributed by atoms with van der Waals surface area (Å²) in [4.78, 5) is 27.3. The zero-order chi connectivity index (χ0) is 29.9. The van der Waals surface area contributed by atoms with Crippen LogP contribution in [0.3, 0.4) is 0 Å². The Kier molecular flexibility index (Phi) is 17.0. The minimum Gasteiger partial charge on any atom is -0.444 e. The van der Waals surface area contributed by atoms with Gasteiger partial charge < -0.3 is 24.4 Å². The number of ether oxygens (including phenoxy) is 3. The van der Waals surface area contributed by atoms with Gasteiger partial charge in [-0.3, -0.25) is 4.79 Å². The van der Waals surface area contributed by atoms with Crippen molar-refractivity contribution in [3.63, 3.8) is 0 Å². The van der Waals surface area contributed by atoms with E-state index < -0.39 is 5.60 Å². The van der Waals surface area contributed by atoms with Crippen molar-refractivity contribution >= 4 is 12.0 Å². The molecule has 1 saturated heterocycles. The molecule has 41 heavy (non-hydrogen) atoms. The molecule has 2 amide bonds. The summed E-state index contributed by atoms with van der Waals surface area (Å²) in [5.74, 6) is 0.227. The third-order valence-corrected chi connectivity index (χ3v) is 7.55. The van der Waals surface area contributed by atoms with Crippen molar-refractivity contribution in [3.8, 4) is 0 Å². The van der Waals surface area contributed by atoms with Crippen molar-refractivity contribution < 1.29 is 23.8 Å². The number of unbranched alkanes of at least 4 members (excludes halogenated alkanes) is 8. The molecule has 0 radical (unpaired) electrons. The predicted octanol–water partition coefficient (Wildman–Crippen LogP) is 7.87. The number of hydrogen-bond donors (Lipinski definition) is 1. The smallest absolute Gasteiger partial charge is 0.410 e. The molecule has 1 fully saturated rings. The van der Waals surface area contributed by atoms with E-state index >= 15 is 0 Å². The van der Waals surface area contributed by atoms with Gasteiger partial charge >= 0.3 is 6.09 Å². The second kappa shape index (κ2) is 19.9. The highest BCUT2D eigenvalue weighted by Crippen LogP contribution is 2.29. The fourth-order valence-corrected chi connectivity index (χ4v) is 5.11. The van der Waals surface area contributed by atoms with E-state index in [9.17, 15) is 9.59 Å². The standard InChI is InChI=1S/C34H58N2O5/c1-6-8-10-12-14-23-39-27-31(40-24-15-13-11-9-7-2)26-35-32(37)30-18-16-17-29(25-30)28-19-21-36(22-20-28)33(38)41-34(3,4)5/h16-18,25,28,31H,6-15,19-24,26-27H2,1-5H3,(H,35,37). The number of nitrogens with zero attached hydrogens (tertiary/aromatic N) is 1. The molecule has 234 valence electrons. The predicted molar refractivity (Wildman–Crippen MR) is 167 cm³/mol. The molecular weight excluding hydrogens is 516 g/mol. The quantitative estimate of drug-likeness (QED) is 0.170. The number of carbonyl (C=O) groups is 2. The molecule has 0 saturated carbocycles. The highest BCUT2D eigenvalue weighted by atomic mass is 16.6. The van der Waals surface area contributed by atoms with Gasteiger partial charge in [0.15, 0.2) is 0 Å². The van der Waals surface area contributed by atoms with Crippen LogP contribution in [-0.4, -0.2) is 68.1 Å². The molecule has 7 heteroatoms. The second-order valence-electron chi connectivity index (χ2n) is 12.5. The van der Waals surface area contributed by atoms with Gasteiger partial charge in [-0.25, -0.2) is 4.79 Å². The second-order valence-corrected chi connectivity index (χ2v) is 12.5. The van der Waals surface area contributed by atoms with Gasteiger partial charge in [-0.1, -0.05) is 77.3 Å². The third-order valence-electron chi connectivity index (χ3n) is 7.55. The maximum absolute atomic E-state index is 13.1. The Balaban J connectivity index is 1.84. The van der Waals surface area contributed by atoms with Crippen LogP contribution in [-0.2, 0) is 14.2 Å². The van der Waals surface area contributed by atoms with Crippen molar-refractivity contribution in [1.29, 1.82) is 0 Å². The first-order valence-corrected chi connectivity index (χ1v) is 16.3. The van der Waals surface area contributed by atoms with Crippen molar-refractivity contribution in [2.75, 3.05) is 39.5 Å². The molecule has 2 rings (SSSR count). The lowest BCUT2D eigenvalue weighted by Gasteiger charge is -2.33. The van der Waals surface area contributed by atoms with Crippen LogP contribution in [0.15, 0.2) is 24.3 Å². The van der Waals surface area contributed by atoms with Gasteiger partial charge in [-0.15, -0.1) is 0 Å². The number of rotatable bonds is 19. The lowest BCUT2D eigenvalue weighted by atomic mass is 9.88. The first-order valence-electron chi connectivity index (χ1n) is 16.3. The summed E-state index contributed by atoms with van der Waals surface area (Å²) in [6, 6.07) is 7.91. The molecule has 0 aromatic heterocycles. The van der Waals surface area contributed by atoms with Gasteiger partial charge in [0.2, 0.25) is 0 Å². The van der Waals surface area contributed by atoms with E-state index in [4.69, 9.17) is 14.2 Å². The van der Waals surface area contributed by atoms with Crippen molar-refractivity contribution in [3.05, 3.63) is 35.4 Å². The van der Waals surface area contributed by atoms with Gasteiger partial charge in [-0.05, 0) is 70.1 Å². The molecule has 1 aliphatic heterocycles. The van der Waals surface area contributed by atoms with Crippen LogP contribution >= 0.6 is 0 Å². The van der Waals surface area contributed by atoms with Crippen LogP contribution in [0.5, 0.6) is 0 Å². The molecule has 1 aromatic rings. The van der Waals surface area contributed by atoms with Crippen LogP contribution in [0.1, 0.15) is 134 Å². The van der Waals surface area contributed by atoms with Gasteiger partial charge in [0, 0.05) is 38.4 Å². The number of piperidine rings is 1. The maximum Gasteiger partial charge on any atom is 0.410 e. The molecule has 1 atom stereocenters.